The Labute approximate surface area is 271 Å². The number of halogens is 1. The van der Waals surface area contributed by atoms with Gasteiger partial charge in [0.15, 0.2) is 8.03 Å². The average Bonchev–Trinajstić information content (AvgIpc) is 3.02. The lowest BCUT2D eigenvalue weighted by Gasteiger charge is -2.33. The molecule has 10 heteroatoms. The number of aryl methyl sites for hydroxylation is 1. The molecule has 1 N–H and O–H groups in total. The Bertz CT molecular complexity index is 1180. The molecule has 0 bridgehead atoms. The van der Waals surface area contributed by atoms with E-state index in [9.17, 15) is 18.9 Å². The average molecular weight is 725 g/mol. The fourth-order valence-electron chi connectivity index (χ4n) is 5.53. The topological polar surface area (TPSA) is 102 Å². The maximum Gasteiger partial charge on any atom is 0.309 e. The van der Waals surface area contributed by atoms with Gasteiger partial charge in [0.1, 0.15) is 12.3 Å². The highest BCUT2D eigenvalue weighted by Gasteiger charge is 2.34. The monoisotopic (exact) mass is 724 g/mol. The summed E-state index contributed by atoms with van der Waals surface area (Å²) in [5.74, 6) is -1.21. The smallest absolute Gasteiger partial charge is 0.309 e. The largest absolute Gasteiger partial charge is 0.469 e. The Morgan fingerprint density at radius 2 is 1.58 bits per heavy atom. The molecule has 2 aromatic carbocycles. The molecule has 0 aromatic heterocycles. The summed E-state index contributed by atoms with van der Waals surface area (Å²) in [6, 6.07) is 18.5. The third-order valence-corrected chi connectivity index (χ3v) is 10.5. The predicted octanol–water partition coefficient (Wildman–Crippen LogP) is 6.76. The molecule has 1 fully saturated rings. The van der Waals surface area contributed by atoms with E-state index in [4.69, 9.17) is 9.26 Å². The van der Waals surface area contributed by atoms with Gasteiger partial charge in [-0.1, -0.05) is 107 Å². The minimum atomic E-state index is -2.70. The van der Waals surface area contributed by atoms with Gasteiger partial charge in [0.25, 0.3) is 5.91 Å². The highest BCUT2D eigenvalue weighted by atomic mass is 127. The molecule has 2 amide bonds. The van der Waals surface area contributed by atoms with E-state index in [1.807, 2.05) is 97.4 Å². The normalized spacial score (nSPS) is 16.6. The van der Waals surface area contributed by atoms with Crippen LogP contribution in [0.5, 0.6) is 0 Å². The molecule has 4 unspecified atom stereocenters. The first kappa shape index (κ1) is 35.3. The maximum atomic E-state index is 14.1. The second-order valence-corrected chi connectivity index (χ2v) is 14.1. The van der Waals surface area contributed by atoms with Crippen molar-refractivity contribution in [1.82, 2.24) is 8.43 Å². The fourth-order valence-corrected chi connectivity index (χ4v) is 8.02. The van der Waals surface area contributed by atoms with Gasteiger partial charge in [0.05, 0.1) is 35.9 Å². The Hall–Kier alpha value is -2.23. The number of amides is 2. The van der Waals surface area contributed by atoms with E-state index in [-0.39, 0.29) is 30.3 Å². The number of benzene rings is 2. The summed E-state index contributed by atoms with van der Waals surface area (Å²) in [5, 5.41) is 2.98. The van der Waals surface area contributed by atoms with Gasteiger partial charge in [-0.15, -0.1) is 0 Å². The van der Waals surface area contributed by atoms with Gasteiger partial charge in [0, 0.05) is 19.0 Å². The number of nitrogens with one attached hydrogen (secondary N) is 1. The van der Waals surface area contributed by atoms with Crippen LogP contribution in [0.1, 0.15) is 69.9 Å². The molecule has 0 radical (unpaired) electrons. The summed E-state index contributed by atoms with van der Waals surface area (Å²) in [6.45, 7) is 3.78. The maximum absolute atomic E-state index is 14.1. The molecule has 0 heterocycles. The van der Waals surface area contributed by atoms with E-state index in [0.29, 0.717) is 25.2 Å². The van der Waals surface area contributed by atoms with Crippen LogP contribution in [-0.2, 0) is 41.1 Å². The van der Waals surface area contributed by atoms with Crippen LogP contribution in [0.3, 0.4) is 0 Å². The first-order valence-electron chi connectivity index (χ1n) is 15.3. The van der Waals surface area contributed by atoms with E-state index in [1.54, 1.807) is 0 Å². The van der Waals surface area contributed by atoms with Crippen molar-refractivity contribution >= 4 is 48.7 Å². The Morgan fingerprint density at radius 1 is 0.977 bits per heavy atom. The third kappa shape index (κ3) is 12.0. The van der Waals surface area contributed by atoms with E-state index in [0.717, 1.165) is 36.8 Å². The first-order chi connectivity index (χ1) is 20.7. The first-order valence-corrected chi connectivity index (χ1v) is 17.8. The van der Waals surface area contributed by atoms with Crippen molar-refractivity contribution in [2.24, 2.45) is 17.8 Å². The fraction of sp³-hybridized carbons (Fsp3) is 0.545. The summed E-state index contributed by atoms with van der Waals surface area (Å²) in [7, 11) is -1.37. The van der Waals surface area contributed by atoms with Gasteiger partial charge in [-0.05, 0) is 35.8 Å². The van der Waals surface area contributed by atoms with E-state index >= 15 is 0 Å². The van der Waals surface area contributed by atoms with Crippen molar-refractivity contribution in [2.45, 2.75) is 83.9 Å². The number of rotatable bonds is 16. The molecule has 0 aliphatic heterocycles. The number of ether oxygens (including phenoxy) is 1. The quantitative estimate of drug-likeness (QED) is 0.0676. The zero-order valence-electron chi connectivity index (χ0n) is 25.5. The zero-order chi connectivity index (χ0) is 31.2. The summed E-state index contributed by atoms with van der Waals surface area (Å²) < 4.78 is 25.9. The van der Waals surface area contributed by atoms with Crippen LogP contribution in [0.4, 0.5) is 0 Å². The zero-order valence-corrected chi connectivity index (χ0v) is 28.7. The molecular weight excluding hydrogens is 678 g/mol. The van der Waals surface area contributed by atoms with Gasteiger partial charge in [-0.25, -0.2) is 0 Å². The Kier molecular flexibility index (Phi) is 15.2. The van der Waals surface area contributed by atoms with Crippen LogP contribution < -0.4 is 5.32 Å². The lowest BCUT2D eigenvalue weighted by molar-refractivity contribution is -0.146. The second kappa shape index (κ2) is 18.5. The van der Waals surface area contributed by atoms with Gasteiger partial charge >= 0.3 is 5.97 Å². The van der Waals surface area contributed by atoms with Crippen LogP contribution >= 0.6 is 30.9 Å². The lowest BCUT2D eigenvalue weighted by atomic mass is 9.86. The minimum Gasteiger partial charge on any atom is -0.469 e. The summed E-state index contributed by atoms with van der Waals surface area (Å²) in [4.78, 5) is 39.5. The van der Waals surface area contributed by atoms with Gasteiger partial charge in [0.2, 0.25) is 5.91 Å². The van der Waals surface area contributed by atoms with E-state index in [1.165, 1.54) is 16.6 Å². The molecule has 236 valence electrons. The molecule has 8 nitrogen and oxygen atoms in total. The number of carbonyl (C=O) groups excluding carboxylic acids is 3. The molecule has 0 saturated heterocycles. The third-order valence-electron chi connectivity index (χ3n) is 8.09. The minimum absolute atomic E-state index is 0.0541. The van der Waals surface area contributed by atoms with Crippen LogP contribution in [0.25, 0.3) is 0 Å². The molecule has 1 aliphatic rings. The Morgan fingerprint density at radius 3 is 2.16 bits per heavy atom. The van der Waals surface area contributed by atoms with Crippen LogP contribution in [0.2, 0.25) is 0 Å². The molecule has 43 heavy (non-hydrogen) atoms. The predicted molar refractivity (Wildman–Crippen MR) is 178 cm³/mol. The second-order valence-electron chi connectivity index (χ2n) is 11.7. The number of esters is 1. The van der Waals surface area contributed by atoms with E-state index < -0.39 is 32.2 Å². The SMILES string of the molecule is COC(=O)C(C[PH](=O)OC(CC1CCCCC1)N(I)C(=O)C(Cc1ccccc1)NC(=O)CCc1ccccc1)C(C)C. The molecule has 3 rings (SSSR count). The number of nitrogens with zero attached hydrogens (tertiary/aromatic N) is 1. The van der Waals surface area contributed by atoms with Crippen molar-refractivity contribution in [3.8, 4) is 0 Å². The number of carbonyl (C=O) groups is 3. The molecule has 1 aliphatic carbocycles. The molecule has 4 atom stereocenters. The number of hydrogen-bond donors (Lipinski definition) is 1. The van der Waals surface area contributed by atoms with Crippen molar-refractivity contribution in [3.05, 3.63) is 71.8 Å². The number of hydrogen-bond acceptors (Lipinski definition) is 6. The summed E-state index contributed by atoms with van der Waals surface area (Å²) in [5.41, 5.74) is 1.97. The summed E-state index contributed by atoms with van der Waals surface area (Å²) >= 11 is 1.96. The molecule has 0 spiro atoms. The van der Waals surface area contributed by atoms with Crippen molar-refractivity contribution in [1.29, 1.82) is 0 Å². The summed E-state index contributed by atoms with van der Waals surface area (Å²) in [6.07, 6.45) is 6.49. The highest BCUT2D eigenvalue weighted by molar-refractivity contribution is 14.1. The van der Waals surface area contributed by atoms with Crippen LogP contribution in [-0.4, -0.2) is 46.4 Å². The molecule has 1 saturated carbocycles. The molecule has 2 aromatic rings. The van der Waals surface area contributed by atoms with Crippen molar-refractivity contribution in [3.63, 3.8) is 0 Å². The van der Waals surface area contributed by atoms with E-state index in [2.05, 4.69) is 5.32 Å². The van der Waals surface area contributed by atoms with Gasteiger partial charge < -0.3 is 14.6 Å². The van der Waals surface area contributed by atoms with Gasteiger partial charge in [-0.3, -0.25) is 22.1 Å². The molecular formula is C33H46IN2O6P. The van der Waals surface area contributed by atoms with Crippen LogP contribution in [0, 0.1) is 17.8 Å². The Balaban J connectivity index is 1.78. The standard InChI is InChI=1S/C33H46IN2O6P/c1-24(2)28(33(39)41-3)23-43(40)42-31(22-27-17-11-6-12-18-27)36(34)32(38)29(21-26-15-9-5-10-16-26)35-30(37)20-19-25-13-7-4-8-14-25/h4-5,7-10,13-16,24,27-29,31,43H,6,11-12,17-23H2,1-3H3,(H,35,37). The lowest BCUT2D eigenvalue weighted by Crippen LogP contribution is -2.50. The van der Waals surface area contributed by atoms with Crippen molar-refractivity contribution < 1.29 is 28.2 Å². The highest BCUT2D eigenvalue weighted by Crippen LogP contribution is 2.37. The van der Waals surface area contributed by atoms with Crippen molar-refractivity contribution in [2.75, 3.05) is 13.3 Å². The van der Waals surface area contributed by atoms with Gasteiger partial charge in [-0.2, -0.15) is 0 Å². The van der Waals surface area contributed by atoms with Crippen LogP contribution in [0.15, 0.2) is 60.7 Å². The number of methoxy groups -OCH3 is 1.